The molecule has 1 saturated carbocycles. The van der Waals surface area contributed by atoms with Gasteiger partial charge in [-0.15, -0.1) is 0 Å². The van der Waals surface area contributed by atoms with Crippen LogP contribution in [0.2, 0.25) is 0 Å². The Labute approximate surface area is 224 Å². The number of hydrogen-bond donors (Lipinski definition) is 1. The minimum absolute atomic E-state index is 0.0121. The van der Waals surface area contributed by atoms with Gasteiger partial charge in [0.25, 0.3) is 5.91 Å². The van der Waals surface area contributed by atoms with Crippen molar-refractivity contribution < 1.29 is 27.8 Å². The number of amides is 2. The number of rotatable bonds is 8. The van der Waals surface area contributed by atoms with Crippen molar-refractivity contribution in [1.82, 2.24) is 14.8 Å². The number of aromatic nitrogens is 1. The molecule has 8 nitrogen and oxygen atoms in total. The summed E-state index contributed by atoms with van der Waals surface area (Å²) >= 11 is 0. The summed E-state index contributed by atoms with van der Waals surface area (Å²) in [6.45, 7) is 5.52. The lowest BCUT2D eigenvalue weighted by atomic mass is 9.86. The van der Waals surface area contributed by atoms with Crippen molar-refractivity contribution >= 4 is 28.4 Å². The van der Waals surface area contributed by atoms with Crippen LogP contribution in [0.3, 0.4) is 0 Å². The fourth-order valence-corrected chi connectivity index (χ4v) is 4.93. The first-order valence-corrected chi connectivity index (χ1v) is 12.4. The molecule has 1 aromatic heterocycles. The van der Waals surface area contributed by atoms with E-state index >= 15 is 0 Å². The molecule has 0 bridgehead atoms. The lowest BCUT2D eigenvalue weighted by Crippen LogP contribution is -2.58. The summed E-state index contributed by atoms with van der Waals surface area (Å²) in [6, 6.07) is 13.0. The first kappa shape index (κ1) is 26.1. The maximum absolute atomic E-state index is 13.5. The first-order valence-electron chi connectivity index (χ1n) is 12.4. The second kappa shape index (κ2) is 10.7. The van der Waals surface area contributed by atoms with Gasteiger partial charge in [0.1, 0.15) is 23.7 Å². The fourth-order valence-electron chi connectivity index (χ4n) is 4.93. The smallest absolute Gasteiger partial charge is 0.387 e. The number of carbonyl (C=O) groups excluding carboxylic acids is 2. The fraction of sp³-hybridized carbons (Fsp3) is 0.276. The van der Waals surface area contributed by atoms with E-state index < -0.39 is 12.7 Å². The number of fused-ring (bicyclic) bond motifs is 1. The molecule has 1 saturated heterocycles. The van der Waals surface area contributed by atoms with Crippen LogP contribution >= 0.6 is 0 Å². The van der Waals surface area contributed by atoms with Crippen molar-refractivity contribution in [2.45, 2.75) is 25.6 Å². The molecule has 1 N–H and O–H groups in total. The predicted octanol–water partition coefficient (Wildman–Crippen LogP) is 4.59. The Balaban J connectivity index is 1.39. The number of carbonyl (C=O) groups is 2. The zero-order valence-electron chi connectivity index (χ0n) is 21.5. The highest BCUT2D eigenvalue weighted by molar-refractivity contribution is 6.19. The number of H-pyrrole nitrogens is 1. The van der Waals surface area contributed by atoms with Crippen molar-refractivity contribution in [3.8, 4) is 11.5 Å². The summed E-state index contributed by atoms with van der Waals surface area (Å²) in [6.07, 6.45) is 0.693. The van der Waals surface area contributed by atoms with Gasteiger partial charge >= 0.3 is 6.61 Å². The van der Waals surface area contributed by atoms with E-state index in [4.69, 9.17) is 4.74 Å². The molecule has 5 rings (SSSR count). The number of hydrogen-bond acceptors (Lipinski definition) is 5. The largest absolute Gasteiger partial charge is 0.497 e. The highest BCUT2D eigenvalue weighted by Crippen LogP contribution is 2.28. The van der Waals surface area contributed by atoms with E-state index in [0.29, 0.717) is 23.4 Å². The van der Waals surface area contributed by atoms with E-state index in [1.54, 1.807) is 36.3 Å². The molecule has 2 aromatic carbocycles. The number of aliphatic imine (C=N–C) groups is 1. The number of allylic oxidation sites excluding steroid dienone is 2. The maximum Gasteiger partial charge on any atom is 0.387 e. The molecule has 2 aliphatic rings. The van der Waals surface area contributed by atoms with Crippen molar-refractivity contribution in [3.05, 3.63) is 84.1 Å². The highest BCUT2D eigenvalue weighted by atomic mass is 19.3. The molecule has 0 spiro atoms. The average molecular weight is 535 g/mol. The van der Waals surface area contributed by atoms with E-state index in [-0.39, 0.29) is 43.7 Å². The zero-order valence-corrected chi connectivity index (χ0v) is 21.5. The van der Waals surface area contributed by atoms with Gasteiger partial charge in [-0.25, -0.2) is 0 Å². The quantitative estimate of drug-likeness (QED) is 0.458. The molecule has 10 heteroatoms. The highest BCUT2D eigenvalue weighted by Gasteiger charge is 2.36. The van der Waals surface area contributed by atoms with E-state index in [1.807, 2.05) is 12.1 Å². The van der Waals surface area contributed by atoms with Crippen LogP contribution in [0.4, 0.5) is 8.78 Å². The Morgan fingerprint density at radius 2 is 1.95 bits per heavy atom. The summed E-state index contributed by atoms with van der Waals surface area (Å²) in [7, 11) is 1.57. The van der Waals surface area contributed by atoms with Gasteiger partial charge in [-0.05, 0) is 53.1 Å². The van der Waals surface area contributed by atoms with Gasteiger partial charge < -0.3 is 24.3 Å². The van der Waals surface area contributed by atoms with Crippen LogP contribution in [-0.4, -0.2) is 71.7 Å². The third kappa shape index (κ3) is 5.55. The molecule has 1 aliphatic carbocycles. The van der Waals surface area contributed by atoms with Crippen LogP contribution in [0.1, 0.15) is 22.5 Å². The Hall–Kier alpha value is -4.47. The number of ether oxygens (including phenoxy) is 2. The second-order valence-electron chi connectivity index (χ2n) is 9.60. The van der Waals surface area contributed by atoms with E-state index in [9.17, 15) is 18.4 Å². The molecule has 202 valence electrons. The third-order valence-corrected chi connectivity index (χ3v) is 6.90. The van der Waals surface area contributed by atoms with Gasteiger partial charge in [0, 0.05) is 30.4 Å². The topological polar surface area (TPSA) is 87.2 Å². The van der Waals surface area contributed by atoms with Crippen LogP contribution in [0.25, 0.3) is 10.9 Å². The molecule has 2 amide bonds. The predicted molar refractivity (Wildman–Crippen MR) is 143 cm³/mol. The van der Waals surface area contributed by atoms with Gasteiger partial charge in [0.2, 0.25) is 5.91 Å². The Morgan fingerprint density at radius 1 is 1.15 bits per heavy atom. The average Bonchev–Trinajstić information content (AvgIpc) is 3.33. The lowest BCUT2D eigenvalue weighted by Gasteiger charge is -2.41. The maximum atomic E-state index is 13.5. The summed E-state index contributed by atoms with van der Waals surface area (Å²) in [5, 5.41) is 0.818. The Kier molecular flexibility index (Phi) is 7.19. The number of benzene rings is 2. The van der Waals surface area contributed by atoms with E-state index in [1.165, 1.54) is 17.0 Å². The van der Waals surface area contributed by atoms with Gasteiger partial charge in [-0.3, -0.25) is 14.6 Å². The molecule has 1 atom stereocenters. The SMILES string of the molecule is C=C1CC(=C)C1=NC[C@H]1CN(C(=O)c2cc3cc(OC)ccc3[nH]2)CC(=O)N1Cc1cccc(OC(F)F)c1. The number of alkyl halides is 2. The van der Waals surface area contributed by atoms with E-state index in [0.717, 1.165) is 27.8 Å². The summed E-state index contributed by atoms with van der Waals surface area (Å²) < 4.78 is 35.2. The lowest BCUT2D eigenvalue weighted by molar-refractivity contribution is -0.139. The molecule has 2 heterocycles. The van der Waals surface area contributed by atoms with Gasteiger partial charge in [-0.1, -0.05) is 25.3 Å². The number of nitrogens with zero attached hydrogens (tertiary/aromatic N) is 3. The van der Waals surface area contributed by atoms with Crippen molar-refractivity contribution in [3.63, 3.8) is 0 Å². The molecule has 3 aromatic rings. The molecular weight excluding hydrogens is 506 g/mol. The number of nitrogens with one attached hydrogen (secondary N) is 1. The molecular formula is C29H28F2N4O4. The third-order valence-electron chi connectivity index (χ3n) is 6.90. The second-order valence-corrected chi connectivity index (χ2v) is 9.60. The van der Waals surface area contributed by atoms with Gasteiger partial charge in [0.05, 0.1) is 25.4 Å². The number of halogens is 2. The van der Waals surface area contributed by atoms with Gasteiger partial charge in [-0.2, -0.15) is 8.78 Å². The number of piperazine rings is 1. The van der Waals surface area contributed by atoms with Gasteiger partial charge in [0.15, 0.2) is 0 Å². The zero-order chi connectivity index (χ0) is 27.7. The molecule has 2 fully saturated rings. The monoisotopic (exact) mass is 534 g/mol. The van der Waals surface area contributed by atoms with Crippen LogP contribution in [-0.2, 0) is 11.3 Å². The number of methoxy groups -OCH3 is 1. The molecule has 0 radical (unpaired) electrons. The summed E-state index contributed by atoms with van der Waals surface area (Å²) in [4.78, 5) is 37.8. The van der Waals surface area contributed by atoms with Crippen LogP contribution < -0.4 is 9.47 Å². The molecule has 39 heavy (non-hydrogen) atoms. The summed E-state index contributed by atoms with van der Waals surface area (Å²) in [5.74, 6) is 0.105. The summed E-state index contributed by atoms with van der Waals surface area (Å²) in [5.41, 5.74) is 4.27. The molecule has 0 unspecified atom stereocenters. The van der Waals surface area contributed by atoms with Crippen LogP contribution in [0.5, 0.6) is 11.5 Å². The minimum Gasteiger partial charge on any atom is -0.497 e. The van der Waals surface area contributed by atoms with Crippen LogP contribution in [0, 0.1) is 0 Å². The van der Waals surface area contributed by atoms with Crippen LogP contribution in [0.15, 0.2) is 77.8 Å². The Bertz CT molecular complexity index is 1480. The van der Waals surface area contributed by atoms with Crippen molar-refractivity contribution in [2.24, 2.45) is 4.99 Å². The molecule has 1 aliphatic heterocycles. The minimum atomic E-state index is -2.95. The first-order chi connectivity index (χ1) is 18.7. The van der Waals surface area contributed by atoms with Crippen molar-refractivity contribution in [2.75, 3.05) is 26.7 Å². The van der Waals surface area contributed by atoms with Crippen molar-refractivity contribution in [1.29, 1.82) is 0 Å². The Morgan fingerprint density at radius 3 is 2.67 bits per heavy atom. The standard InChI is InChI=1S/C29H28F2N4O4/c1-17-9-18(2)27(17)32-13-21-15-34(28(37)25-12-20-11-22(38-3)7-8-24(20)33-25)16-26(36)35(21)14-19-5-4-6-23(10-19)39-29(30)31/h4-8,10-12,21,29,33H,1-2,9,13-16H2,3H3/t21-/m0/s1. The van der Waals surface area contributed by atoms with E-state index in [2.05, 4.69) is 27.9 Å². The normalized spacial score (nSPS) is 17.6. The number of aromatic amines is 1.